The van der Waals surface area contributed by atoms with Crippen LogP contribution in [-0.4, -0.2) is 37.5 Å². The highest BCUT2D eigenvalue weighted by Gasteiger charge is 2.18. The highest BCUT2D eigenvalue weighted by atomic mass is 27.0. The van der Waals surface area contributed by atoms with Gasteiger partial charge in [0.15, 0.2) is 11.5 Å². The number of aromatic hydroxyl groups is 2. The number of rotatable bonds is 2. The molecule has 6 heteroatoms. The number of nitrogens with zero attached hydrogens (tertiary/aromatic N) is 2. The summed E-state index contributed by atoms with van der Waals surface area (Å²) < 4.78 is 6.31. The molecule has 0 unspecified atom stereocenters. The predicted octanol–water partition coefficient (Wildman–Crippen LogP) is 4.84. The van der Waals surface area contributed by atoms with Gasteiger partial charge in [-0.2, -0.15) is 0 Å². The molecular formula is C22H20AlN2O3. The Hall–Kier alpha value is -2.81. The molecule has 0 aliphatic carbocycles. The third-order valence-electron chi connectivity index (χ3n) is 4.94. The Morgan fingerprint density at radius 2 is 1.07 bits per heavy atom. The molecule has 0 bridgehead atoms. The van der Waals surface area contributed by atoms with Crippen molar-refractivity contribution in [3.8, 4) is 23.0 Å². The topological polar surface area (TPSA) is 75.5 Å². The van der Waals surface area contributed by atoms with E-state index in [1.54, 1.807) is 24.3 Å². The molecule has 4 aromatic rings. The predicted molar refractivity (Wildman–Crippen MR) is 112 cm³/mol. The van der Waals surface area contributed by atoms with Crippen molar-refractivity contribution in [2.45, 2.75) is 27.7 Å². The lowest BCUT2D eigenvalue weighted by atomic mass is 10.1. The summed E-state index contributed by atoms with van der Waals surface area (Å²) in [5.74, 6) is 1.61. The molecule has 28 heavy (non-hydrogen) atoms. The van der Waals surface area contributed by atoms with Crippen LogP contribution in [0.15, 0.2) is 36.4 Å². The van der Waals surface area contributed by atoms with Crippen molar-refractivity contribution in [2.24, 2.45) is 0 Å². The molecule has 0 atom stereocenters. The molecule has 5 nitrogen and oxygen atoms in total. The van der Waals surface area contributed by atoms with Crippen LogP contribution in [0.25, 0.3) is 21.8 Å². The van der Waals surface area contributed by atoms with Gasteiger partial charge in [0.05, 0.1) is 11.4 Å². The molecule has 139 valence electrons. The first-order chi connectivity index (χ1) is 12.9. The number of para-hydroxylation sites is 2. The maximum absolute atomic E-state index is 10.1. The first-order valence-electron chi connectivity index (χ1n) is 8.74. The fourth-order valence-corrected chi connectivity index (χ4v) is 3.53. The molecule has 0 aliphatic heterocycles. The number of aryl methyl sites for hydroxylation is 4. The fraction of sp³-hybridized carbons (Fsp3) is 0.182. The average Bonchev–Trinajstić information content (AvgIpc) is 2.63. The van der Waals surface area contributed by atoms with Crippen LogP contribution in [0.2, 0.25) is 0 Å². The molecule has 2 aromatic heterocycles. The normalized spacial score (nSPS) is 10.9. The summed E-state index contributed by atoms with van der Waals surface area (Å²) in [7, 11) is 0. The van der Waals surface area contributed by atoms with Crippen molar-refractivity contribution in [3.05, 3.63) is 58.9 Å². The van der Waals surface area contributed by atoms with Gasteiger partial charge in [-0.3, -0.25) is 0 Å². The Bertz CT molecular complexity index is 1130. The van der Waals surface area contributed by atoms with Gasteiger partial charge in [-0.15, -0.1) is 0 Å². The van der Waals surface area contributed by atoms with Crippen molar-refractivity contribution >= 4 is 39.2 Å². The second kappa shape index (κ2) is 7.31. The lowest BCUT2D eigenvalue weighted by Crippen LogP contribution is -2.00. The van der Waals surface area contributed by atoms with Crippen LogP contribution in [0.5, 0.6) is 23.0 Å². The number of phenolic OH excluding ortho intramolecular Hbond substituents is 2. The maximum atomic E-state index is 10.1. The van der Waals surface area contributed by atoms with E-state index in [1.807, 2.05) is 39.8 Å². The second-order valence-corrected chi connectivity index (χ2v) is 6.75. The van der Waals surface area contributed by atoms with E-state index in [-0.39, 0.29) is 28.9 Å². The molecule has 2 heterocycles. The molecule has 3 radical (unpaired) electrons. The van der Waals surface area contributed by atoms with Gasteiger partial charge in [0.2, 0.25) is 0 Å². The van der Waals surface area contributed by atoms with Gasteiger partial charge in [-0.1, -0.05) is 24.3 Å². The van der Waals surface area contributed by atoms with Crippen LogP contribution in [0.1, 0.15) is 22.5 Å². The second-order valence-electron chi connectivity index (χ2n) is 6.75. The lowest BCUT2D eigenvalue weighted by molar-refractivity contribution is 0.462. The molecule has 0 saturated carbocycles. The molecular weight excluding hydrogens is 367 g/mol. The molecule has 0 fully saturated rings. The van der Waals surface area contributed by atoms with Crippen LogP contribution in [-0.2, 0) is 0 Å². The molecule has 0 spiro atoms. The Balaban J connectivity index is 0.00000225. The molecule has 0 aliphatic rings. The third kappa shape index (κ3) is 3.05. The van der Waals surface area contributed by atoms with Crippen LogP contribution in [0.4, 0.5) is 0 Å². The third-order valence-corrected chi connectivity index (χ3v) is 4.94. The smallest absolute Gasteiger partial charge is 0.152 e. The number of benzene rings is 2. The highest BCUT2D eigenvalue weighted by Crippen LogP contribution is 2.39. The van der Waals surface area contributed by atoms with Gasteiger partial charge in [0, 0.05) is 39.3 Å². The van der Waals surface area contributed by atoms with Gasteiger partial charge in [0.1, 0.15) is 22.5 Å². The number of phenols is 2. The Labute approximate surface area is 173 Å². The van der Waals surface area contributed by atoms with E-state index < -0.39 is 0 Å². The van der Waals surface area contributed by atoms with Gasteiger partial charge >= 0.3 is 0 Å². The summed E-state index contributed by atoms with van der Waals surface area (Å²) in [6.07, 6.45) is 0. The molecule has 0 amide bonds. The van der Waals surface area contributed by atoms with E-state index in [0.717, 1.165) is 21.9 Å². The maximum Gasteiger partial charge on any atom is 0.152 e. The Morgan fingerprint density at radius 3 is 1.46 bits per heavy atom. The zero-order valence-electron chi connectivity index (χ0n) is 16.2. The van der Waals surface area contributed by atoms with Crippen molar-refractivity contribution < 1.29 is 14.9 Å². The zero-order chi connectivity index (χ0) is 19.3. The number of pyridine rings is 2. The number of aromatic nitrogens is 2. The van der Waals surface area contributed by atoms with E-state index in [0.29, 0.717) is 33.9 Å². The number of hydrogen-bond donors (Lipinski definition) is 2. The van der Waals surface area contributed by atoms with Crippen LogP contribution in [0, 0.1) is 27.7 Å². The number of fused-ring (bicyclic) bond motifs is 2. The Morgan fingerprint density at radius 1 is 0.679 bits per heavy atom. The van der Waals surface area contributed by atoms with Gasteiger partial charge in [-0.25, -0.2) is 9.97 Å². The van der Waals surface area contributed by atoms with Gasteiger partial charge < -0.3 is 14.9 Å². The first-order valence-corrected chi connectivity index (χ1v) is 8.74. The van der Waals surface area contributed by atoms with E-state index in [9.17, 15) is 10.2 Å². The molecule has 0 saturated heterocycles. The quantitative estimate of drug-likeness (QED) is 0.482. The summed E-state index contributed by atoms with van der Waals surface area (Å²) in [5, 5.41) is 21.9. The van der Waals surface area contributed by atoms with Gasteiger partial charge in [-0.05, 0) is 39.8 Å². The van der Waals surface area contributed by atoms with Crippen LogP contribution < -0.4 is 4.74 Å². The lowest BCUT2D eigenvalue weighted by Gasteiger charge is -2.18. The molecule has 2 N–H and O–H groups in total. The van der Waals surface area contributed by atoms with Crippen molar-refractivity contribution in [2.75, 3.05) is 0 Å². The van der Waals surface area contributed by atoms with Crippen LogP contribution >= 0.6 is 0 Å². The molecule has 4 rings (SSSR count). The summed E-state index contributed by atoms with van der Waals surface area (Å²) in [4.78, 5) is 9.07. The van der Waals surface area contributed by atoms with Crippen LogP contribution in [0.3, 0.4) is 0 Å². The van der Waals surface area contributed by atoms with E-state index in [4.69, 9.17) is 4.74 Å². The first kappa shape index (κ1) is 19.9. The number of hydrogen-bond acceptors (Lipinski definition) is 5. The van der Waals surface area contributed by atoms with E-state index in [2.05, 4.69) is 9.97 Å². The summed E-state index contributed by atoms with van der Waals surface area (Å²) in [6.45, 7) is 7.63. The highest BCUT2D eigenvalue weighted by molar-refractivity contribution is 5.90. The minimum atomic E-state index is 0. The van der Waals surface area contributed by atoms with E-state index in [1.165, 1.54) is 0 Å². The zero-order valence-corrected chi connectivity index (χ0v) is 17.4. The standard InChI is InChI=1S/C22H20N2O3.Al/c1-11-15-7-5-9-17(25)19(15)23-13(3)21(11)27-22-12(2)16-8-6-10-18(26)20(16)24-14(22)4;/h5-10,25-26H,1-4H3;. The van der Waals surface area contributed by atoms with Crippen molar-refractivity contribution in [1.82, 2.24) is 9.97 Å². The summed E-state index contributed by atoms with van der Waals surface area (Å²) in [6, 6.07) is 10.7. The summed E-state index contributed by atoms with van der Waals surface area (Å²) in [5.41, 5.74) is 4.32. The molecule has 2 aromatic carbocycles. The monoisotopic (exact) mass is 387 g/mol. The van der Waals surface area contributed by atoms with E-state index >= 15 is 0 Å². The SMILES string of the molecule is Cc1nc2c(O)cccc2c(C)c1Oc1c(C)nc2c(O)cccc2c1C.[Al]. The fourth-order valence-electron chi connectivity index (χ4n) is 3.53. The van der Waals surface area contributed by atoms with Gasteiger partial charge in [0.25, 0.3) is 0 Å². The number of ether oxygens (including phenoxy) is 1. The van der Waals surface area contributed by atoms with Crippen molar-refractivity contribution in [3.63, 3.8) is 0 Å². The largest absolute Gasteiger partial charge is 0.506 e. The summed E-state index contributed by atoms with van der Waals surface area (Å²) >= 11 is 0. The Kier molecular flexibility index (Phi) is 5.21. The average molecular weight is 387 g/mol. The minimum absolute atomic E-state index is 0. The van der Waals surface area contributed by atoms with Crippen molar-refractivity contribution in [1.29, 1.82) is 0 Å². The minimum Gasteiger partial charge on any atom is -0.506 e.